The van der Waals surface area contributed by atoms with E-state index in [1.165, 1.54) is 6.20 Å². The zero-order valence-electron chi connectivity index (χ0n) is 18.7. The Bertz CT molecular complexity index is 1020. The number of nitrogens with one attached hydrogen (secondary N) is 3. The number of likely N-dealkylation sites (N-methyl/N-ethyl adjacent to an activating group) is 1. The van der Waals surface area contributed by atoms with Crippen LogP contribution in [0.5, 0.6) is 11.5 Å². The first kappa shape index (κ1) is 23.7. The zero-order valence-corrected chi connectivity index (χ0v) is 18.7. The standard InChI is InChI=1S/C24H28N6O3/c1-3-30(4-2)15-14-26-23(31)18-7-9-19(10-8-18)28-24(32)29-22-12-11-21(17-27-22)33-20-6-5-13-25-16-20/h5-13,16-17H,3-4,14-15H2,1-2H3,(H,26,31)(H2,27,28,29,32). The van der Waals surface area contributed by atoms with Crippen LogP contribution in [0.4, 0.5) is 16.3 Å². The Morgan fingerprint density at radius 1 is 0.939 bits per heavy atom. The number of rotatable bonds is 10. The van der Waals surface area contributed by atoms with Crippen LogP contribution in [0.1, 0.15) is 24.2 Å². The van der Waals surface area contributed by atoms with Crippen molar-refractivity contribution in [2.24, 2.45) is 0 Å². The topological polar surface area (TPSA) is 108 Å². The van der Waals surface area contributed by atoms with Crippen LogP contribution in [0.3, 0.4) is 0 Å². The number of amides is 3. The summed E-state index contributed by atoms with van der Waals surface area (Å²) in [7, 11) is 0. The van der Waals surface area contributed by atoms with Crippen LogP contribution >= 0.6 is 0 Å². The highest BCUT2D eigenvalue weighted by molar-refractivity contribution is 6.00. The predicted molar refractivity (Wildman–Crippen MR) is 128 cm³/mol. The fraction of sp³-hybridized carbons (Fsp3) is 0.250. The predicted octanol–water partition coefficient (Wildman–Crippen LogP) is 3.98. The Kier molecular flexibility index (Phi) is 8.72. The summed E-state index contributed by atoms with van der Waals surface area (Å²) in [6.45, 7) is 7.49. The number of benzene rings is 1. The summed E-state index contributed by atoms with van der Waals surface area (Å²) < 4.78 is 5.62. The third-order valence-electron chi connectivity index (χ3n) is 4.86. The third kappa shape index (κ3) is 7.58. The smallest absolute Gasteiger partial charge is 0.324 e. The molecule has 0 aliphatic carbocycles. The summed E-state index contributed by atoms with van der Waals surface area (Å²) >= 11 is 0. The maximum absolute atomic E-state index is 12.3. The molecule has 2 aromatic heterocycles. The first-order valence-electron chi connectivity index (χ1n) is 10.8. The zero-order chi connectivity index (χ0) is 23.5. The lowest BCUT2D eigenvalue weighted by Gasteiger charge is -2.18. The van der Waals surface area contributed by atoms with Crippen LogP contribution in [-0.4, -0.2) is 53.0 Å². The maximum atomic E-state index is 12.3. The Balaban J connectivity index is 1.46. The SMILES string of the molecule is CCN(CC)CCNC(=O)c1ccc(NC(=O)Nc2ccc(Oc3cccnc3)cn2)cc1. The van der Waals surface area contributed by atoms with Gasteiger partial charge in [0.2, 0.25) is 0 Å². The van der Waals surface area contributed by atoms with Crippen LogP contribution in [0.2, 0.25) is 0 Å². The molecule has 33 heavy (non-hydrogen) atoms. The molecule has 9 heteroatoms. The molecular weight excluding hydrogens is 420 g/mol. The lowest BCUT2D eigenvalue weighted by atomic mass is 10.2. The monoisotopic (exact) mass is 448 g/mol. The van der Waals surface area contributed by atoms with Crippen LogP contribution < -0.4 is 20.7 Å². The minimum Gasteiger partial charge on any atom is -0.454 e. The van der Waals surface area contributed by atoms with Gasteiger partial charge in [-0.3, -0.25) is 15.1 Å². The Morgan fingerprint density at radius 2 is 1.70 bits per heavy atom. The molecule has 172 valence electrons. The fourth-order valence-corrected chi connectivity index (χ4v) is 3.01. The molecule has 3 rings (SSSR count). The van der Waals surface area contributed by atoms with E-state index in [4.69, 9.17) is 4.74 Å². The third-order valence-corrected chi connectivity index (χ3v) is 4.86. The van der Waals surface area contributed by atoms with E-state index in [9.17, 15) is 9.59 Å². The van der Waals surface area contributed by atoms with E-state index in [2.05, 4.69) is 44.7 Å². The molecule has 0 radical (unpaired) electrons. The van der Waals surface area contributed by atoms with Crippen molar-refractivity contribution >= 4 is 23.4 Å². The van der Waals surface area contributed by atoms with Gasteiger partial charge >= 0.3 is 6.03 Å². The van der Waals surface area contributed by atoms with Crippen molar-refractivity contribution in [3.8, 4) is 11.5 Å². The van der Waals surface area contributed by atoms with Gasteiger partial charge in [-0.2, -0.15) is 0 Å². The molecule has 0 aliphatic heterocycles. The number of carbonyl (C=O) groups excluding carboxylic acids is 2. The molecule has 1 aromatic carbocycles. The van der Waals surface area contributed by atoms with Crippen molar-refractivity contribution < 1.29 is 14.3 Å². The van der Waals surface area contributed by atoms with Gasteiger partial charge in [0.25, 0.3) is 5.91 Å². The van der Waals surface area contributed by atoms with Crippen molar-refractivity contribution in [2.75, 3.05) is 36.8 Å². The molecule has 9 nitrogen and oxygen atoms in total. The molecule has 0 atom stereocenters. The molecule has 0 aliphatic rings. The quantitative estimate of drug-likeness (QED) is 0.433. The van der Waals surface area contributed by atoms with Crippen molar-refractivity contribution in [1.82, 2.24) is 20.2 Å². The van der Waals surface area contributed by atoms with Gasteiger partial charge in [-0.1, -0.05) is 13.8 Å². The fourth-order valence-electron chi connectivity index (χ4n) is 3.01. The number of anilines is 2. The number of pyridine rings is 2. The molecule has 0 saturated heterocycles. The maximum Gasteiger partial charge on any atom is 0.324 e. The highest BCUT2D eigenvalue weighted by atomic mass is 16.5. The van der Waals surface area contributed by atoms with E-state index in [1.807, 2.05) is 0 Å². The van der Waals surface area contributed by atoms with Gasteiger partial charge in [-0.25, -0.2) is 9.78 Å². The van der Waals surface area contributed by atoms with E-state index < -0.39 is 6.03 Å². The van der Waals surface area contributed by atoms with Gasteiger partial charge < -0.3 is 20.3 Å². The van der Waals surface area contributed by atoms with Gasteiger partial charge in [-0.15, -0.1) is 0 Å². The first-order chi connectivity index (χ1) is 16.1. The van der Waals surface area contributed by atoms with Gasteiger partial charge in [0, 0.05) is 30.5 Å². The second kappa shape index (κ2) is 12.2. The summed E-state index contributed by atoms with van der Waals surface area (Å²) in [6.07, 6.45) is 4.77. The number of carbonyl (C=O) groups is 2. The van der Waals surface area contributed by atoms with Crippen LogP contribution in [0.15, 0.2) is 67.1 Å². The molecule has 0 unspecified atom stereocenters. The second-order valence-corrected chi connectivity index (χ2v) is 7.11. The molecule has 3 N–H and O–H groups in total. The lowest BCUT2D eigenvalue weighted by Crippen LogP contribution is -2.34. The summed E-state index contributed by atoms with van der Waals surface area (Å²) in [6, 6.07) is 13.1. The number of hydrogen-bond donors (Lipinski definition) is 3. The number of hydrogen-bond acceptors (Lipinski definition) is 6. The Hall–Kier alpha value is -3.98. The number of urea groups is 1. The second-order valence-electron chi connectivity index (χ2n) is 7.11. The normalized spacial score (nSPS) is 10.5. The summed E-state index contributed by atoms with van der Waals surface area (Å²) in [5.74, 6) is 1.35. The van der Waals surface area contributed by atoms with Crippen molar-refractivity contribution in [3.05, 3.63) is 72.7 Å². The molecule has 3 amide bonds. The number of ether oxygens (including phenoxy) is 1. The molecule has 3 aromatic rings. The number of nitrogens with zero attached hydrogens (tertiary/aromatic N) is 3. The van der Waals surface area contributed by atoms with E-state index >= 15 is 0 Å². The molecule has 0 bridgehead atoms. The van der Waals surface area contributed by atoms with Crippen LogP contribution in [0, 0.1) is 0 Å². The van der Waals surface area contributed by atoms with Gasteiger partial charge in [-0.05, 0) is 61.6 Å². The van der Waals surface area contributed by atoms with E-state index in [0.29, 0.717) is 35.1 Å². The average molecular weight is 449 g/mol. The van der Waals surface area contributed by atoms with Gasteiger partial charge in [0.15, 0.2) is 0 Å². The Labute approximate surface area is 193 Å². The molecule has 2 heterocycles. The molecule has 0 spiro atoms. The van der Waals surface area contributed by atoms with Crippen LogP contribution in [-0.2, 0) is 0 Å². The van der Waals surface area contributed by atoms with E-state index in [-0.39, 0.29) is 5.91 Å². The Morgan fingerprint density at radius 3 is 2.33 bits per heavy atom. The summed E-state index contributed by atoms with van der Waals surface area (Å²) in [5.41, 5.74) is 1.09. The molecule has 0 fully saturated rings. The summed E-state index contributed by atoms with van der Waals surface area (Å²) in [4.78, 5) is 34.9. The molecular formula is C24H28N6O3. The van der Waals surface area contributed by atoms with Crippen LogP contribution in [0.25, 0.3) is 0 Å². The van der Waals surface area contributed by atoms with Crippen molar-refractivity contribution in [3.63, 3.8) is 0 Å². The van der Waals surface area contributed by atoms with E-state index in [1.54, 1.807) is 60.9 Å². The highest BCUT2D eigenvalue weighted by Crippen LogP contribution is 2.20. The van der Waals surface area contributed by atoms with Gasteiger partial charge in [0.05, 0.1) is 12.4 Å². The van der Waals surface area contributed by atoms with E-state index in [0.717, 1.165) is 19.6 Å². The first-order valence-corrected chi connectivity index (χ1v) is 10.8. The van der Waals surface area contributed by atoms with Crippen molar-refractivity contribution in [2.45, 2.75) is 13.8 Å². The van der Waals surface area contributed by atoms with Gasteiger partial charge in [0.1, 0.15) is 17.3 Å². The molecule has 0 saturated carbocycles. The summed E-state index contributed by atoms with van der Waals surface area (Å²) in [5, 5.41) is 8.28. The largest absolute Gasteiger partial charge is 0.454 e. The number of aromatic nitrogens is 2. The minimum absolute atomic E-state index is 0.143. The minimum atomic E-state index is -0.445. The average Bonchev–Trinajstić information content (AvgIpc) is 2.84. The lowest BCUT2D eigenvalue weighted by molar-refractivity contribution is 0.0949. The highest BCUT2D eigenvalue weighted by Gasteiger charge is 2.08. The van der Waals surface area contributed by atoms with Crippen molar-refractivity contribution in [1.29, 1.82) is 0 Å².